The van der Waals surface area contributed by atoms with Crippen LogP contribution in [0.4, 0.5) is 5.69 Å². The Labute approximate surface area is 108 Å². The summed E-state index contributed by atoms with van der Waals surface area (Å²) in [4.78, 5) is 7.67. The van der Waals surface area contributed by atoms with E-state index in [2.05, 4.69) is 20.2 Å². The van der Waals surface area contributed by atoms with Gasteiger partial charge in [-0.05, 0) is 48.5 Å². The van der Waals surface area contributed by atoms with Crippen molar-refractivity contribution in [1.29, 1.82) is 0 Å². The van der Waals surface area contributed by atoms with Gasteiger partial charge in [0.1, 0.15) is 5.03 Å². The van der Waals surface area contributed by atoms with Crippen LogP contribution in [-0.4, -0.2) is 20.2 Å². The molecule has 0 bridgehead atoms. The van der Waals surface area contributed by atoms with Crippen molar-refractivity contribution < 1.29 is 0 Å². The second kappa shape index (κ2) is 4.30. The van der Waals surface area contributed by atoms with Gasteiger partial charge in [-0.25, -0.2) is 4.98 Å². The van der Waals surface area contributed by atoms with Crippen molar-refractivity contribution in [1.82, 2.24) is 20.2 Å². The summed E-state index contributed by atoms with van der Waals surface area (Å²) in [6.07, 6.45) is 1.73. The zero-order valence-corrected chi connectivity index (χ0v) is 10.5. The molecule has 0 fully saturated rings. The second-order valence-corrected chi connectivity index (χ2v) is 5.00. The molecule has 1 aromatic carbocycles. The van der Waals surface area contributed by atoms with Crippen LogP contribution >= 0.6 is 11.8 Å². The van der Waals surface area contributed by atoms with E-state index < -0.39 is 0 Å². The number of nitrogen functional groups attached to an aromatic ring is 1. The Kier molecular flexibility index (Phi) is 2.64. The van der Waals surface area contributed by atoms with E-state index in [0.29, 0.717) is 0 Å². The van der Waals surface area contributed by atoms with Crippen molar-refractivity contribution in [3.05, 3.63) is 36.0 Å². The number of H-pyrrole nitrogens is 1. The van der Waals surface area contributed by atoms with Crippen LogP contribution in [0.5, 0.6) is 0 Å². The van der Waals surface area contributed by atoms with Crippen LogP contribution in [0.1, 0.15) is 5.56 Å². The maximum Gasteiger partial charge on any atom is 0.172 e. The maximum atomic E-state index is 5.73. The van der Waals surface area contributed by atoms with Gasteiger partial charge in [0.05, 0.1) is 17.2 Å². The lowest BCUT2D eigenvalue weighted by molar-refractivity contribution is 0.911. The summed E-state index contributed by atoms with van der Waals surface area (Å²) in [6.45, 7) is 1.98. The number of aryl methyl sites for hydroxylation is 1. The standard InChI is InChI=1S/C12H11N5S/c1-7-4-11(17-14-6-7)18-12-15-9-3-2-8(13)5-10(9)16-12/h2-6H,13H2,1H3,(H,15,16). The molecule has 2 aromatic heterocycles. The summed E-state index contributed by atoms with van der Waals surface area (Å²) < 4.78 is 0. The number of benzene rings is 1. The van der Waals surface area contributed by atoms with Gasteiger partial charge in [-0.2, -0.15) is 5.10 Å². The lowest BCUT2D eigenvalue weighted by Gasteiger charge is -1.96. The molecule has 18 heavy (non-hydrogen) atoms. The summed E-state index contributed by atoms with van der Waals surface area (Å²) in [5.74, 6) is 0. The molecule has 0 amide bonds. The van der Waals surface area contributed by atoms with Gasteiger partial charge >= 0.3 is 0 Å². The summed E-state index contributed by atoms with van der Waals surface area (Å²) in [7, 11) is 0. The molecule has 3 N–H and O–H groups in total. The highest BCUT2D eigenvalue weighted by atomic mass is 32.2. The lowest BCUT2D eigenvalue weighted by Crippen LogP contribution is -1.86. The Morgan fingerprint density at radius 2 is 2.17 bits per heavy atom. The minimum atomic E-state index is 0.720. The fourth-order valence-electron chi connectivity index (χ4n) is 1.64. The van der Waals surface area contributed by atoms with E-state index in [1.54, 1.807) is 6.20 Å². The Bertz CT molecular complexity index is 707. The molecule has 0 saturated carbocycles. The normalized spacial score (nSPS) is 10.9. The van der Waals surface area contributed by atoms with E-state index in [1.165, 1.54) is 11.8 Å². The third-order valence-corrected chi connectivity index (χ3v) is 3.25. The zero-order chi connectivity index (χ0) is 12.5. The second-order valence-electron chi connectivity index (χ2n) is 3.99. The van der Waals surface area contributed by atoms with Crippen LogP contribution in [0.2, 0.25) is 0 Å². The monoisotopic (exact) mass is 257 g/mol. The number of aromatic amines is 1. The molecule has 0 saturated heterocycles. The lowest BCUT2D eigenvalue weighted by atomic mass is 10.3. The summed E-state index contributed by atoms with van der Waals surface area (Å²) in [6, 6.07) is 7.57. The van der Waals surface area contributed by atoms with Gasteiger partial charge in [0.15, 0.2) is 5.16 Å². The van der Waals surface area contributed by atoms with Gasteiger partial charge in [-0.15, -0.1) is 5.10 Å². The van der Waals surface area contributed by atoms with Gasteiger partial charge in [0.2, 0.25) is 0 Å². The molecule has 0 unspecified atom stereocenters. The number of nitrogens with two attached hydrogens (primary N) is 1. The Hall–Kier alpha value is -2.08. The van der Waals surface area contributed by atoms with Gasteiger partial charge < -0.3 is 10.7 Å². The quantitative estimate of drug-likeness (QED) is 0.689. The number of hydrogen-bond acceptors (Lipinski definition) is 5. The van der Waals surface area contributed by atoms with E-state index in [-0.39, 0.29) is 0 Å². The van der Waals surface area contributed by atoms with Crippen molar-refractivity contribution in [2.75, 3.05) is 5.73 Å². The minimum absolute atomic E-state index is 0.720. The van der Waals surface area contributed by atoms with Crippen molar-refractivity contribution in [3.63, 3.8) is 0 Å². The first-order chi connectivity index (χ1) is 8.70. The molecule has 0 atom stereocenters. The number of aromatic nitrogens is 4. The number of nitrogens with zero attached hydrogens (tertiary/aromatic N) is 3. The van der Waals surface area contributed by atoms with Crippen LogP contribution in [0, 0.1) is 6.92 Å². The highest BCUT2D eigenvalue weighted by Gasteiger charge is 2.06. The zero-order valence-electron chi connectivity index (χ0n) is 9.71. The fourth-order valence-corrected chi connectivity index (χ4v) is 2.47. The molecular formula is C12H11N5S. The predicted molar refractivity (Wildman–Crippen MR) is 71.4 cm³/mol. The molecule has 5 nitrogen and oxygen atoms in total. The molecule has 0 radical (unpaired) electrons. The highest BCUT2D eigenvalue weighted by molar-refractivity contribution is 7.99. The fraction of sp³-hybridized carbons (Fsp3) is 0.0833. The Balaban J connectivity index is 1.95. The molecule has 3 rings (SSSR count). The smallest absolute Gasteiger partial charge is 0.172 e. The molecule has 2 heterocycles. The van der Waals surface area contributed by atoms with Crippen LogP contribution in [0.25, 0.3) is 11.0 Å². The third kappa shape index (κ3) is 2.14. The van der Waals surface area contributed by atoms with Crippen molar-refractivity contribution >= 4 is 28.5 Å². The van der Waals surface area contributed by atoms with E-state index in [1.807, 2.05) is 31.2 Å². The number of fused-ring (bicyclic) bond motifs is 1. The average molecular weight is 257 g/mol. The molecule has 0 aliphatic carbocycles. The molecular weight excluding hydrogens is 246 g/mol. The van der Waals surface area contributed by atoms with Crippen LogP contribution in [0.3, 0.4) is 0 Å². The average Bonchev–Trinajstić information content (AvgIpc) is 2.70. The number of hydrogen-bond donors (Lipinski definition) is 2. The largest absolute Gasteiger partial charge is 0.399 e. The Morgan fingerprint density at radius 3 is 3.00 bits per heavy atom. The first-order valence-electron chi connectivity index (χ1n) is 5.43. The van der Waals surface area contributed by atoms with Crippen LogP contribution < -0.4 is 5.73 Å². The molecule has 0 spiro atoms. The summed E-state index contributed by atoms with van der Waals surface area (Å²) >= 11 is 1.45. The van der Waals surface area contributed by atoms with Crippen LogP contribution in [0.15, 0.2) is 40.6 Å². The Morgan fingerprint density at radius 1 is 1.28 bits per heavy atom. The number of nitrogens with one attached hydrogen (secondary N) is 1. The molecule has 0 aliphatic heterocycles. The highest BCUT2D eigenvalue weighted by Crippen LogP contribution is 2.26. The number of imidazole rings is 1. The summed E-state index contributed by atoms with van der Waals surface area (Å²) in [5.41, 5.74) is 9.35. The predicted octanol–water partition coefficient (Wildman–Crippen LogP) is 2.39. The molecule has 0 aliphatic rings. The topological polar surface area (TPSA) is 80.5 Å². The molecule has 90 valence electrons. The number of rotatable bonds is 2. The van der Waals surface area contributed by atoms with Crippen LogP contribution in [-0.2, 0) is 0 Å². The van der Waals surface area contributed by atoms with E-state index >= 15 is 0 Å². The van der Waals surface area contributed by atoms with Gasteiger partial charge in [0, 0.05) is 5.69 Å². The SMILES string of the molecule is Cc1cnnc(Sc2nc3ccc(N)cc3[nH]2)c1. The van der Waals surface area contributed by atoms with Crippen molar-refractivity contribution in [2.24, 2.45) is 0 Å². The van der Waals surface area contributed by atoms with E-state index in [0.717, 1.165) is 32.5 Å². The van der Waals surface area contributed by atoms with E-state index in [4.69, 9.17) is 5.73 Å². The van der Waals surface area contributed by atoms with E-state index in [9.17, 15) is 0 Å². The van der Waals surface area contributed by atoms with Crippen molar-refractivity contribution in [2.45, 2.75) is 17.1 Å². The van der Waals surface area contributed by atoms with Crippen molar-refractivity contribution in [3.8, 4) is 0 Å². The first kappa shape index (κ1) is 11.0. The molecule has 6 heteroatoms. The number of anilines is 1. The minimum Gasteiger partial charge on any atom is -0.399 e. The van der Waals surface area contributed by atoms with Gasteiger partial charge in [0.25, 0.3) is 0 Å². The maximum absolute atomic E-state index is 5.73. The third-order valence-electron chi connectivity index (χ3n) is 2.45. The molecule has 3 aromatic rings. The van der Waals surface area contributed by atoms with Gasteiger partial charge in [-0.3, -0.25) is 0 Å². The first-order valence-corrected chi connectivity index (χ1v) is 6.25. The summed E-state index contributed by atoms with van der Waals surface area (Å²) in [5, 5.41) is 9.58. The van der Waals surface area contributed by atoms with Gasteiger partial charge in [-0.1, -0.05) is 0 Å².